The molecule has 1 heterocycles. The molecule has 1 N–H and O–H groups in total. The first-order valence-corrected chi connectivity index (χ1v) is 9.92. The summed E-state index contributed by atoms with van der Waals surface area (Å²) in [6.07, 6.45) is 17.6. The number of thioether (sulfide) groups is 1. The van der Waals surface area contributed by atoms with Gasteiger partial charge in [-0.3, -0.25) is 0 Å². The van der Waals surface area contributed by atoms with Gasteiger partial charge < -0.3 is 5.32 Å². The van der Waals surface area contributed by atoms with E-state index in [0.717, 1.165) is 12.0 Å². The lowest BCUT2D eigenvalue weighted by Gasteiger charge is -2.21. The van der Waals surface area contributed by atoms with Crippen LogP contribution in [-0.4, -0.2) is 24.1 Å². The van der Waals surface area contributed by atoms with E-state index in [2.05, 4.69) is 17.1 Å². The van der Waals surface area contributed by atoms with Crippen molar-refractivity contribution in [1.29, 1.82) is 0 Å². The SMILES string of the molecule is C1CCCCCC(NCC2CCSC2)CCCCC1. The highest BCUT2D eigenvalue weighted by Crippen LogP contribution is 2.23. The first-order valence-electron chi connectivity index (χ1n) is 8.76. The molecule has 2 rings (SSSR count). The van der Waals surface area contributed by atoms with E-state index in [1.165, 1.54) is 95.1 Å². The van der Waals surface area contributed by atoms with Gasteiger partial charge in [0.2, 0.25) is 0 Å². The van der Waals surface area contributed by atoms with E-state index in [9.17, 15) is 0 Å². The molecule has 1 unspecified atom stereocenters. The second-order valence-electron chi connectivity index (χ2n) is 6.59. The van der Waals surface area contributed by atoms with Crippen LogP contribution >= 0.6 is 11.8 Å². The smallest absolute Gasteiger partial charge is 0.00671 e. The molecule has 1 nitrogen and oxygen atoms in total. The maximum absolute atomic E-state index is 3.90. The fourth-order valence-corrected chi connectivity index (χ4v) is 4.73. The van der Waals surface area contributed by atoms with Gasteiger partial charge in [0.15, 0.2) is 0 Å². The molecule has 0 amide bonds. The van der Waals surface area contributed by atoms with Crippen LogP contribution in [0.4, 0.5) is 0 Å². The Kier molecular flexibility index (Phi) is 8.34. The third kappa shape index (κ3) is 7.04. The molecule has 0 aromatic carbocycles. The Morgan fingerprint density at radius 3 is 1.84 bits per heavy atom. The van der Waals surface area contributed by atoms with Crippen molar-refractivity contribution >= 4 is 11.8 Å². The Labute approximate surface area is 124 Å². The van der Waals surface area contributed by atoms with Gasteiger partial charge in [0, 0.05) is 6.04 Å². The molecule has 1 saturated heterocycles. The van der Waals surface area contributed by atoms with Gasteiger partial charge in [-0.2, -0.15) is 11.8 Å². The summed E-state index contributed by atoms with van der Waals surface area (Å²) < 4.78 is 0. The van der Waals surface area contributed by atoms with Gasteiger partial charge in [-0.15, -0.1) is 0 Å². The second kappa shape index (κ2) is 10.1. The van der Waals surface area contributed by atoms with Crippen LogP contribution in [0.25, 0.3) is 0 Å². The van der Waals surface area contributed by atoms with Crippen LogP contribution in [0, 0.1) is 5.92 Å². The molecule has 0 bridgehead atoms. The number of hydrogen-bond donors (Lipinski definition) is 1. The van der Waals surface area contributed by atoms with E-state index in [4.69, 9.17) is 0 Å². The molecule has 0 aromatic rings. The van der Waals surface area contributed by atoms with Crippen LogP contribution in [0.15, 0.2) is 0 Å². The molecule has 0 radical (unpaired) electrons. The van der Waals surface area contributed by atoms with E-state index in [-0.39, 0.29) is 0 Å². The molecule has 1 saturated carbocycles. The molecule has 2 fully saturated rings. The second-order valence-corrected chi connectivity index (χ2v) is 7.74. The zero-order valence-electron chi connectivity index (χ0n) is 12.7. The quantitative estimate of drug-likeness (QED) is 0.782. The summed E-state index contributed by atoms with van der Waals surface area (Å²) in [6.45, 7) is 1.29. The summed E-state index contributed by atoms with van der Waals surface area (Å²) in [4.78, 5) is 0. The fourth-order valence-electron chi connectivity index (χ4n) is 3.45. The molecule has 112 valence electrons. The van der Waals surface area contributed by atoms with Crippen molar-refractivity contribution in [2.24, 2.45) is 5.92 Å². The summed E-state index contributed by atoms with van der Waals surface area (Å²) in [5, 5.41) is 3.90. The molecule has 2 aliphatic rings. The third-order valence-electron chi connectivity index (χ3n) is 4.82. The minimum absolute atomic E-state index is 0.824. The molecular formula is C17H33NS. The van der Waals surface area contributed by atoms with Crippen LogP contribution in [0.1, 0.15) is 77.0 Å². The molecular weight excluding hydrogens is 250 g/mol. The predicted molar refractivity (Wildman–Crippen MR) is 88.0 cm³/mol. The van der Waals surface area contributed by atoms with Crippen molar-refractivity contribution < 1.29 is 0 Å². The Morgan fingerprint density at radius 1 is 0.737 bits per heavy atom. The van der Waals surface area contributed by atoms with Gasteiger partial charge in [0.05, 0.1) is 0 Å². The Balaban J connectivity index is 1.65. The average Bonchev–Trinajstić information content (AvgIpc) is 2.91. The molecule has 0 spiro atoms. The molecule has 1 aliphatic heterocycles. The van der Waals surface area contributed by atoms with Gasteiger partial charge in [-0.1, -0.05) is 57.8 Å². The van der Waals surface area contributed by atoms with Crippen molar-refractivity contribution in [3.05, 3.63) is 0 Å². The van der Waals surface area contributed by atoms with E-state index in [0.29, 0.717) is 0 Å². The lowest BCUT2D eigenvalue weighted by Crippen LogP contribution is -2.33. The van der Waals surface area contributed by atoms with E-state index in [1.807, 2.05) is 0 Å². The van der Waals surface area contributed by atoms with Gasteiger partial charge >= 0.3 is 0 Å². The Bertz CT molecular complexity index is 201. The van der Waals surface area contributed by atoms with Gasteiger partial charge in [-0.05, 0) is 43.2 Å². The fraction of sp³-hybridized carbons (Fsp3) is 1.00. The predicted octanol–water partition coefficient (Wildman–Crippen LogP) is 5.00. The maximum atomic E-state index is 3.90. The van der Waals surface area contributed by atoms with E-state index in [1.54, 1.807) is 0 Å². The van der Waals surface area contributed by atoms with Crippen LogP contribution in [-0.2, 0) is 0 Å². The molecule has 1 atom stereocenters. The molecule has 1 aliphatic carbocycles. The van der Waals surface area contributed by atoms with Crippen molar-refractivity contribution in [2.75, 3.05) is 18.1 Å². The summed E-state index contributed by atoms with van der Waals surface area (Å²) in [6, 6.07) is 0.824. The first-order chi connectivity index (χ1) is 9.45. The van der Waals surface area contributed by atoms with E-state index < -0.39 is 0 Å². The van der Waals surface area contributed by atoms with Gasteiger partial charge in [0.1, 0.15) is 0 Å². The third-order valence-corrected chi connectivity index (χ3v) is 6.06. The van der Waals surface area contributed by atoms with Crippen LogP contribution in [0.2, 0.25) is 0 Å². The summed E-state index contributed by atoms with van der Waals surface area (Å²) in [5.41, 5.74) is 0. The minimum Gasteiger partial charge on any atom is -0.314 e. The molecule has 2 heteroatoms. The molecule has 0 aromatic heterocycles. The average molecular weight is 284 g/mol. The summed E-state index contributed by atoms with van der Waals surface area (Å²) in [7, 11) is 0. The summed E-state index contributed by atoms with van der Waals surface area (Å²) >= 11 is 2.15. The topological polar surface area (TPSA) is 12.0 Å². The normalized spacial score (nSPS) is 28.7. The monoisotopic (exact) mass is 283 g/mol. The lowest BCUT2D eigenvalue weighted by molar-refractivity contribution is 0.380. The van der Waals surface area contributed by atoms with Crippen LogP contribution in [0.5, 0.6) is 0 Å². The standard InChI is InChI=1S/C17H33NS/c1-2-4-6-8-10-17(11-9-7-5-3-1)18-14-16-12-13-19-15-16/h16-18H,1-15H2. The minimum atomic E-state index is 0.824. The number of nitrogens with one attached hydrogen (secondary N) is 1. The zero-order chi connectivity index (χ0) is 13.2. The maximum Gasteiger partial charge on any atom is 0.00671 e. The summed E-state index contributed by atoms with van der Waals surface area (Å²) in [5.74, 6) is 3.77. The first kappa shape index (κ1) is 15.7. The molecule has 19 heavy (non-hydrogen) atoms. The van der Waals surface area contributed by atoms with Crippen LogP contribution < -0.4 is 5.32 Å². The highest BCUT2D eigenvalue weighted by Gasteiger charge is 2.17. The Hall–Kier alpha value is 0.310. The van der Waals surface area contributed by atoms with Gasteiger partial charge in [0.25, 0.3) is 0 Å². The van der Waals surface area contributed by atoms with Crippen molar-refractivity contribution in [3.63, 3.8) is 0 Å². The number of hydrogen-bond acceptors (Lipinski definition) is 2. The highest BCUT2D eigenvalue weighted by molar-refractivity contribution is 7.99. The lowest BCUT2D eigenvalue weighted by atomic mass is 9.97. The van der Waals surface area contributed by atoms with Crippen molar-refractivity contribution in [1.82, 2.24) is 5.32 Å². The van der Waals surface area contributed by atoms with Crippen LogP contribution in [0.3, 0.4) is 0 Å². The zero-order valence-corrected chi connectivity index (χ0v) is 13.5. The van der Waals surface area contributed by atoms with Crippen molar-refractivity contribution in [2.45, 2.75) is 83.1 Å². The van der Waals surface area contributed by atoms with Gasteiger partial charge in [-0.25, -0.2) is 0 Å². The Morgan fingerprint density at radius 2 is 1.32 bits per heavy atom. The largest absolute Gasteiger partial charge is 0.314 e. The van der Waals surface area contributed by atoms with E-state index >= 15 is 0 Å². The highest BCUT2D eigenvalue weighted by atomic mass is 32.2. The van der Waals surface area contributed by atoms with Crippen molar-refractivity contribution in [3.8, 4) is 0 Å². The number of rotatable bonds is 3.